The third-order valence-electron chi connectivity index (χ3n) is 4.33. The van der Waals surface area contributed by atoms with Gasteiger partial charge in [0.15, 0.2) is 10.9 Å². The van der Waals surface area contributed by atoms with Gasteiger partial charge >= 0.3 is 5.91 Å². The first kappa shape index (κ1) is 16.6. The summed E-state index contributed by atoms with van der Waals surface area (Å²) in [5.74, 6) is 0.617. The molecule has 128 valence electrons. The summed E-state index contributed by atoms with van der Waals surface area (Å²) < 4.78 is 10.9. The SMILES string of the molecule is COc1ccc2oc(C(=O)NNC(=S)NC3CCCC3)c(C)c2c1. The van der Waals surface area contributed by atoms with Crippen molar-refractivity contribution in [1.29, 1.82) is 0 Å². The van der Waals surface area contributed by atoms with Crippen LogP contribution in [0.15, 0.2) is 22.6 Å². The molecule has 1 aromatic carbocycles. The molecule has 0 saturated heterocycles. The van der Waals surface area contributed by atoms with Crippen LogP contribution in [0.25, 0.3) is 11.0 Å². The minimum absolute atomic E-state index is 0.259. The molecule has 7 heteroatoms. The number of nitrogens with one attached hydrogen (secondary N) is 3. The number of ether oxygens (including phenoxy) is 1. The molecule has 0 unspecified atom stereocenters. The van der Waals surface area contributed by atoms with Crippen molar-refractivity contribution in [2.24, 2.45) is 0 Å². The summed E-state index contributed by atoms with van der Waals surface area (Å²) in [4.78, 5) is 12.3. The molecule has 0 spiro atoms. The molecule has 3 N–H and O–H groups in total. The second-order valence-electron chi connectivity index (χ2n) is 5.95. The molecule has 3 rings (SSSR count). The van der Waals surface area contributed by atoms with E-state index in [0.29, 0.717) is 16.7 Å². The maximum atomic E-state index is 12.3. The van der Waals surface area contributed by atoms with Crippen LogP contribution in [0.3, 0.4) is 0 Å². The Bertz CT molecular complexity index is 766. The van der Waals surface area contributed by atoms with Crippen molar-refractivity contribution < 1.29 is 13.9 Å². The van der Waals surface area contributed by atoms with Gasteiger partial charge in [-0.05, 0) is 50.2 Å². The van der Waals surface area contributed by atoms with Crippen molar-refractivity contribution in [1.82, 2.24) is 16.2 Å². The highest BCUT2D eigenvalue weighted by Crippen LogP contribution is 2.28. The maximum absolute atomic E-state index is 12.3. The number of rotatable bonds is 3. The van der Waals surface area contributed by atoms with Crippen LogP contribution in [0.2, 0.25) is 0 Å². The summed E-state index contributed by atoms with van der Waals surface area (Å²) in [6.45, 7) is 1.84. The summed E-state index contributed by atoms with van der Waals surface area (Å²) in [5.41, 5.74) is 6.73. The van der Waals surface area contributed by atoms with Crippen molar-refractivity contribution in [2.75, 3.05) is 7.11 Å². The van der Waals surface area contributed by atoms with Crippen molar-refractivity contribution >= 4 is 34.2 Å². The van der Waals surface area contributed by atoms with Crippen LogP contribution in [-0.2, 0) is 0 Å². The van der Waals surface area contributed by atoms with Crippen molar-refractivity contribution in [3.63, 3.8) is 0 Å². The van der Waals surface area contributed by atoms with Gasteiger partial charge in [0, 0.05) is 17.0 Å². The molecule has 1 amide bonds. The lowest BCUT2D eigenvalue weighted by Crippen LogP contribution is -2.49. The van der Waals surface area contributed by atoms with Crippen LogP contribution in [0, 0.1) is 6.92 Å². The molecule has 1 fully saturated rings. The second-order valence-corrected chi connectivity index (χ2v) is 6.36. The minimum Gasteiger partial charge on any atom is -0.497 e. The van der Waals surface area contributed by atoms with Crippen LogP contribution in [0.5, 0.6) is 5.75 Å². The van der Waals surface area contributed by atoms with Gasteiger partial charge < -0.3 is 14.5 Å². The summed E-state index contributed by atoms with van der Waals surface area (Å²) in [7, 11) is 1.60. The Morgan fingerprint density at radius 3 is 2.75 bits per heavy atom. The molecule has 0 radical (unpaired) electrons. The number of carbonyl (C=O) groups excluding carboxylic acids is 1. The summed E-state index contributed by atoms with van der Waals surface area (Å²) in [6.07, 6.45) is 4.66. The summed E-state index contributed by atoms with van der Waals surface area (Å²) >= 11 is 5.20. The average Bonchev–Trinajstić information content (AvgIpc) is 3.20. The van der Waals surface area contributed by atoms with Crippen molar-refractivity contribution in [3.8, 4) is 5.75 Å². The average molecular weight is 347 g/mol. The number of furan rings is 1. The molecule has 1 aliphatic carbocycles. The monoisotopic (exact) mass is 347 g/mol. The number of methoxy groups -OCH3 is 1. The largest absolute Gasteiger partial charge is 0.497 e. The molecule has 1 aliphatic rings. The van der Waals surface area contributed by atoms with E-state index in [4.69, 9.17) is 21.4 Å². The molecule has 0 bridgehead atoms. The number of hydrogen-bond acceptors (Lipinski definition) is 4. The maximum Gasteiger partial charge on any atom is 0.305 e. The van der Waals surface area contributed by atoms with Gasteiger partial charge in [0.1, 0.15) is 11.3 Å². The van der Waals surface area contributed by atoms with Gasteiger partial charge in [-0.1, -0.05) is 12.8 Å². The van der Waals surface area contributed by atoms with E-state index in [1.807, 2.05) is 13.0 Å². The number of hydrogen-bond donors (Lipinski definition) is 3. The predicted octanol–water partition coefficient (Wildman–Crippen LogP) is 2.80. The number of amides is 1. The molecular weight excluding hydrogens is 326 g/mol. The van der Waals surface area contributed by atoms with Crippen LogP contribution in [0.1, 0.15) is 41.8 Å². The lowest BCUT2D eigenvalue weighted by molar-refractivity contribution is 0.0917. The van der Waals surface area contributed by atoms with Gasteiger partial charge in [0.05, 0.1) is 7.11 Å². The van der Waals surface area contributed by atoms with Crippen LogP contribution in [0.4, 0.5) is 0 Å². The number of thiocarbonyl (C=S) groups is 1. The third kappa shape index (κ3) is 3.46. The molecule has 0 aliphatic heterocycles. The smallest absolute Gasteiger partial charge is 0.305 e. The third-order valence-corrected chi connectivity index (χ3v) is 4.55. The Morgan fingerprint density at radius 1 is 1.29 bits per heavy atom. The minimum atomic E-state index is -0.363. The Kier molecular flexibility index (Phi) is 4.89. The van der Waals surface area contributed by atoms with Gasteiger partial charge in [-0.15, -0.1) is 0 Å². The van der Waals surface area contributed by atoms with Crippen LogP contribution >= 0.6 is 12.2 Å². The van der Waals surface area contributed by atoms with Gasteiger partial charge in [-0.2, -0.15) is 0 Å². The van der Waals surface area contributed by atoms with E-state index in [0.717, 1.165) is 29.5 Å². The fourth-order valence-electron chi connectivity index (χ4n) is 3.01. The Hall–Kier alpha value is -2.28. The zero-order chi connectivity index (χ0) is 17.1. The molecular formula is C17H21N3O3S. The van der Waals surface area contributed by atoms with Gasteiger partial charge in [-0.25, -0.2) is 0 Å². The molecule has 1 aromatic heterocycles. The van der Waals surface area contributed by atoms with Crippen molar-refractivity contribution in [2.45, 2.75) is 38.6 Å². The standard InChI is InChI=1S/C17H21N3O3S/c1-10-13-9-12(22-2)7-8-14(13)23-15(10)16(21)19-20-17(24)18-11-5-3-4-6-11/h7-9,11H,3-6H2,1-2H3,(H,19,21)(H2,18,20,24). The number of fused-ring (bicyclic) bond motifs is 1. The van der Waals surface area contributed by atoms with E-state index in [-0.39, 0.29) is 11.7 Å². The van der Waals surface area contributed by atoms with Gasteiger partial charge in [0.2, 0.25) is 0 Å². The predicted molar refractivity (Wildman–Crippen MR) is 96.1 cm³/mol. The van der Waals surface area contributed by atoms with E-state index in [9.17, 15) is 4.79 Å². The van der Waals surface area contributed by atoms with Crippen LogP contribution in [-0.4, -0.2) is 24.2 Å². The topological polar surface area (TPSA) is 75.5 Å². The zero-order valence-electron chi connectivity index (χ0n) is 13.8. The van der Waals surface area contributed by atoms with Gasteiger partial charge in [-0.3, -0.25) is 15.6 Å². The van der Waals surface area contributed by atoms with Crippen LogP contribution < -0.4 is 20.9 Å². The number of aryl methyl sites for hydroxylation is 1. The number of carbonyl (C=O) groups is 1. The lowest BCUT2D eigenvalue weighted by Gasteiger charge is -2.15. The fourth-order valence-corrected chi connectivity index (χ4v) is 3.22. The van der Waals surface area contributed by atoms with E-state index >= 15 is 0 Å². The normalized spacial score (nSPS) is 14.6. The van der Waals surface area contributed by atoms with E-state index in [1.165, 1.54) is 12.8 Å². The van der Waals surface area contributed by atoms with E-state index < -0.39 is 0 Å². The number of hydrazine groups is 1. The van der Waals surface area contributed by atoms with E-state index in [1.54, 1.807) is 19.2 Å². The quantitative estimate of drug-likeness (QED) is 0.586. The fraction of sp³-hybridized carbons (Fsp3) is 0.412. The highest BCUT2D eigenvalue weighted by Gasteiger charge is 2.19. The molecule has 1 heterocycles. The first-order valence-electron chi connectivity index (χ1n) is 8.02. The Balaban J connectivity index is 1.65. The zero-order valence-corrected chi connectivity index (χ0v) is 14.6. The van der Waals surface area contributed by atoms with Gasteiger partial charge in [0.25, 0.3) is 0 Å². The first-order valence-corrected chi connectivity index (χ1v) is 8.43. The molecule has 2 aromatic rings. The Labute approximate surface area is 145 Å². The highest BCUT2D eigenvalue weighted by atomic mass is 32.1. The lowest BCUT2D eigenvalue weighted by atomic mass is 10.1. The first-order chi connectivity index (χ1) is 11.6. The summed E-state index contributed by atoms with van der Waals surface area (Å²) in [6, 6.07) is 5.83. The molecule has 1 saturated carbocycles. The molecule has 6 nitrogen and oxygen atoms in total. The summed E-state index contributed by atoms with van der Waals surface area (Å²) in [5, 5.41) is 4.48. The highest BCUT2D eigenvalue weighted by molar-refractivity contribution is 7.80. The Morgan fingerprint density at radius 2 is 2.04 bits per heavy atom. The van der Waals surface area contributed by atoms with Crippen molar-refractivity contribution in [3.05, 3.63) is 29.5 Å². The van der Waals surface area contributed by atoms with E-state index in [2.05, 4.69) is 16.2 Å². The number of benzene rings is 1. The molecule has 24 heavy (non-hydrogen) atoms. The second kappa shape index (κ2) is 7.09. The molecule has 0 atom stereocenters.